The van der Waals surface area contributed by atoms with Crippen LogP contribution in [0.2, 0.25) is 5.02 Å². The van der Waals surface area contributed by atoms with Crippen LogP contribution in [0, 0.1) is 5.92 Å². The second kappa shape index (κ2) is 8.16. The van der Waals surface area contributed by atoms with E-state index in [0.29, 0.717) is 41.0 Å². The third-order valence-corrected chi connectivity index (χ3v) is 9.18. The number of carbonyl (C=O) groups excluding carboxylic acids is 1. The molecule has 162 valence electrons. The Hall–Kier alpha value is -2.00. The van der Waals surface area contributed by atoms with Gasteiger partial charge in [-0.05, 0) is 73.6 Å². The second-order valence-corrected chi connectivity index (χ2v) is 11.5. The van der Waals surface area contributed by atoms with E-state index in [4.69, 9.17) is 11.6 Å². The molecule has 5 rings (SSSR count). The van der Waals surface area contributed by atoms with Gasteiger partial charge in [0.2, 0.25) is 15.9 Å². The zero-order valence-corrected chi connectivity index (χ0v) is 19.2. The van der Waals surface area contributed by atoms with Crippen LogP contribution in [0.4, 0.5) is 5.13 Å². The average Bonchev–Trinajstić information content (AvgIpc) is 3.39. The molecule has 0 spiro atoms. The number of thiazole rings is 1. The number of carbonyl (C=O) groups is 1. The Morgan fingerprint density at radius 2 is 1.87 bits per heavy atom. The molecule has 1 aliphatic carbocycles. The molecule has 6 nitrogen and oxygen atoms in total. The van der Waals surface area contributed by atoms with Gasteiger partial charge in [-0.15, -0.1) is 0 Å². The average molecular weight is 476 g/mol. The smallest absolute Gasteiger partial charge is 0.243 e. The first-order valence-corrected chi connectivity index (χ1v) is 13.0. The second-order valence-electron chi connectivity index (χ2n) is 8.08. The standard InChI is InChI=1S/C22H22ClN3O3S2/c23-17-5-7-19-20(13-17)30-22(24-19)25-21(27)15-8-10-26(11-9-15)31(28,29)18-6-4-14-2-1-3-16(14)12-18/h4-7,12-13,15H,1-3,8-11H2,(H,24,25,27). The molecule has 1 aromatic heterocycles. The predicted molar refractivity (Wildman–Crippen MR) is 123 cm³/mol. The van der Waals surface area contributed by atoms with Crippen molar-refractivity contribution in [2.24, 2.45) is 5.92 Å². The van der Waals surface area contributed by atoms with Gasteiger partial charge >= 0.3 is 0 Å². The molecule has 0 unspecified atom stereocenters. The molecule has 1 saturated heterocycles. The number of fused-ring (bicyclic) bond motifs is 2. The lowest BCUT2D eigenvalue weighted by Gasteiger charge is -2.30. The molecule has 1 aliphatic heterocycles. The number of nitrogens with zero attached hydrogens (tertiary/aromatic N) is 2. The fraction of sp³-hybridized carbons (Fsp3) is 0.364. The summed E-state index contributed by atoms with van der Waals surface area (Å²) < 4.78 is 28.6. The Labute approximate surface area is 190 Å². The van der Waals surface area contributed by atoms with E-state index in [1.54, 1.807) is 12.1 Å². The summed E-state index contributed by atoms with van der Waals surface area (Å²) in [6, 6.07) is 10.9. The summed E-state index contributed by atoms with van der Waals surface area (Å²) in [7, 11) is -3.53. The van der Waals surface area contributed by atoms with E-state index in [1.807, 2.05) is 24.3 Å². The van der Waals surface area contributed by atoms with Crippen LogP contribution < -0.4 is 5.32 Å². The number of hydrogen-bond donors (Lipinski definition) is 1. The van der Waals surface area contributed by atoms with Gasteiger partial charge in [-0.1, -0.05) is 29.0 Å². The SMILES string of the molecule is O=C(Nc1nc2ccc(Cl)cc2s1)C1CCN(S(=O)(=O)c2ccc3c(c2)CCC3)CC1. The number of piperidine rings is 1. The fourth-order valence-electron chi connectivity index (χ4n) is 4.38. The number of aryl methyl sites for hydroxylation is 2. The Bertz CT molecular complexity index is 1260. The van der Waals surface area contributed by atoms with Gasteiger partial charge in [0, 0.05) is 24.0 Å². The molecule has 0 atom stereocenters. The highest BCUT2D eigenvalue weighted by Crippen LogP contribution is 2.31. The summed E-state index contributed by atoms with van der Waals surface area (Å²) in [5, 5.41) is 4.06. The number of benzene rings is 2. The number of rotatable bonds is 4. The lowest BCUT2D eigenvalue weighted by Crippen LogP contribution is -2.41. The lowest BCUT2D eigenvalue weighted by atomic mass is 9.97. The maximum absolute atomic E-state index is 13.1. The van der Waals surface area contributed by atoms with E-state index in [0.717, 1.165) is 35.0 Å². The Morgan fingerprint density at radius 3 is 2.68 bits per heavy atom. The van der Waals surface area contributed by atoms with Crippen LogP contribution in [0.25, 0.3) is 10.2 Å². The highest BCUT2D eigenvalue weighted by molar-refractivity contribution is 7.89. The summed E-state index contributed by atoms with van der Waals surface area (Å²) in [5.41, 5.74) is 3.19. The van der Waals surface area contributed by atoms with Gasteiger partial charge in [-0.2, -0.15) is 4.31 Å². The van der Waals surface area contributed by atoms with Gasteiger partial charge in [-0.3, -0.25) is 4.79 Å². The number of hydrogen-bond acceptors (Lipinski definition) is 5. The molecule has 0 bridgehead atoms. The van der Waals surface area contributed by atoms with Crippen LogP contribution in [0.3, 0.4) is 0 Å². The minimum atomic E-state index is -3.53. The maximum atomic E-state index is 13.1. The molecule has 0 radical (unpaired) electrons. The van der Waals surface area contributed by atoms with Gasteiger partial charge < -0.3 is 5.32 Å². The Balaban J connectivity index is 1.23. The maximum Gasteiger partial charge on any atom is 0.243 e. The largest absolute Gasteiger partial charge is 0.302 e. The van der Waals surface area contributed by atoms with E-state index in [9.17, 15) is 13.2 Å². The van der Waals surface area contributed by atoms with E-state index in [1.165, 1.54) is 21.2 Å². The molecule has 1 fully saturated rings. The van der Waals surface area contributed by atoms with Crippen molar-refractivity contribution in [1.82, 2.24) is 9.29 Å². The summed E-state index contributed by atoms with van der Waals surface area (Å²) in [6.45, 7) is 0.680. The highest BCUT2D eigenvalue weighted by atomic mass is 35.5. The zero-order chi connectivity index (χ0) is 21.6. The number of nitrogens with one attached hydrogen (secondary N) is 1. The van der Waals surface area contributed by atoms with Crippen LogP contribution in [-0.2, 0) is 27.7 Å². The van der Waals surface area contributed by atoms with Crippen LogP contribution in [0.15, 0.2) is 41.3 Å². The minimum absolute atomic E-state index is 0.111. The molecule has 31 heavy (non-hydrogen) atoms. The predicted octanol–water partition coefficient (Wildman–Crippen LogP) is 4.48. The van der Waals surface area contributed by atoms with Crippen molar-refractivity contribution in [3.05, 3.63) is 52.5 Å². The molecule has 1 amide bonds. The number of sulfonamides is 1. The number of aromatic nitrogens is 1. The summed E-state index contributed by atoms with van der Waals surface area (Å²) in [5.74, 6) is -0.346. The minimum Gasteiger partial charge on any atom is -0.302 e. The van der Waals surface area contributed by atoms with Crippen molar-refractivity contribution >= 4 is 54.2 Å². The van der Waals surface area contributed by atoms with Crippen molar-refractivity contribution in [2.45, 2.75) is 37.0 Å². The lowest BCUT2D eigenvalue weighted by molar-refractivity contribution is -0.120. The molecular formula is C22H22ClN3O3S2. The van der Waals surface area contributed by atoms with Crippen molar-refractivity contribution in [2.75, 3.05) is 18.4 Å². The molecule has 0 saturated carbocycles. The van der Waals surface area contributed by atoms with Crippen molar-refractivity contribution in [3.63, 3.8) is 0 Å². The van der Waals surface area contributed by atoms with E-state index in [-0.39, 0.29) is 11.8 Å². The normalized spacial score (nSPS) is 17.7. The Morgan fingerprint density at radius 1 is 1.10 bits per heavy atom. The Kier molecular flexibility index (Phi) is 5.50. The topological polar surface area (TPSA) is 79.4 Å². The molecule has 2 aromatic carbocycles. The van der Waals surface area contributed by atoms with Crippen molar-refractivity contribution < 1.29 is 13.2 Å². The molecule has 2 heterocycles. The first-order valence-electron chi connectivity index (χ1n) is 10.4. The van der Waals surface area contributed by atoms with Gasteiger partial charge in [0.1, 0.15) is 0 Å². The molecular weight excluding hydrogens is 454 g/mol. The number of amides is 1. The molecule has 3 aromatic rings. The quantitative estimate of drug-likeness (QED) is 0.603. The van der Waals surface area contributed by atoms with Crippen LogP contribution in [0.1, 0.15) is 30.4 Å². The summed E-state index contributed by atoms with van der Waals surface area (Å²) in [4.78, 5) is 17.5. The first-order chi connectivity index (χ1) is 14.9. The molecule has 1 N–H and O–H groups in total. The van der Waals surface area contributed by atoms with E-state index >= 15 is 0 Å². The third kappa shape index (κ3) is 4.09. The summed E-state index contributed by atoms with van der Waals surface area (Å²) in [6.07, 6.45) is 4.04. The van der Waals surface area contributed by atoms with Crippen molar-refractivity contribution in [1.29, 1.82) is 0 Å². The van der Waals surface area contributed by atoms with Crippen molar-refractivity contribution in [3.8, 4) is 0 Å². The zero-order valence-electron chi connectivity index (χ0n) is 16.8. The van der Waals surface area contributed by atoms with Crippen LogP contribution in [-0.4, -0.2) is 36.7 Å². The summed E-state index contributed by atoms with van der Waals surface area (Å²) >= 11 is 7.40. The number of halogens is 1. The number of anilines is 1. The van der Waals surface area contributed by atoms with Gasteiger partial charge in [0.15, 0.2) is 5.13 Å². The van der Waals surface area contributed by atoms with Gasteiger partial charge in [-0.25, -0.2) is 13.4 Å². The highest BCUT2D eigenvalue weighted by Gasteiger charge is 2.33. The third-order valence-electron chi connectivity index (χ3n) is 6.11. The monoisotopic (exact) mass is 475 g/mol. The molecule has 2 aliphatic rings. The molecule has 9 heteroatoms. The van der Waals surface area contributed by atoms with E-state index in [2.05, 4.69) is 10.3 Å². The van der Waals surface area contributed by atoms with Gasteiger partial charge in [0.05, 0.1) is 15.1 Å². The first kappa shape index (κ1) is 20.9. The fourth-order valence-corrected chi connectivity index (χ4v) is 7.04. The van der Waals surface area contributed by atoms with Gasteiger partial charge in [0.25, 0.3) is 0 Å². The van der Waals surface area contributed by atoms with Crippen LogP contribution >= 0.6 is 22.9 Å². The van der Waals surface area contributed by atoms with E-state index < -0.39 is 10.0 Å². The van der Waals surface area contributed by atoms with Crippen LogP contribution in [0.5, 0.6) is 0 Å².